The molecule has 2 aromatic rings. The van der Waals surface area contributed by atoms with Gasteiger partial charge in [0.05, 0.1) is 19.1 Å². The van der Waals surface area contributed by atoms with Gasteiger partial charge in [-0.25, -0.2) is 9.67 Å². The Morgan fingerprint density at radius 3 is 3.21 bits per heavy atom. The number of H-pyrrole nitrogens is 1. The third-order valence-corrected chi connectivity index (χ3v) is 2.34. The maximum Gasteiger partial charge on any atom is 0.261 e. The number of fused-ring (bicyclic) bond motifs is 1. The lowest BCUT2D eigenvalue weighted by Crippen LogP contribution is -2.25. The van der Waals surface area contributed by atoms with Gasteiger partial charge in [-0.1, -0.05) is 0 Å². The van der Waals surface area contributed by atoms with Crippen LogP contribution in [0, 0.1) is 0 Å². The lowest BCUT2D eigenvalue weighted by molar-refractivity contribution is -0.104. The zero-order valence-electron chi connectivity index (χ0n) is 7.30. The monoisotopic (exact) mass is 192 g/mol. The third kappa shape index (κ3) is 0.912. The van der Waals surface area contributed by atoms with Gasteiger partial charge < -0.3 is 9.72 Å². The summed E-state index contributed by atoms with van der Waals surface area (Å²) in [5.74, 6) is 0. The van der Waals surface area contributed by atoms with Crippen LogP contribution in [0.2, 0.25) is 0 Å². The van der Waals surface area contributed by atoms with Crippen molar-refractivity contribution in [1.29, 1.82) is 0 Å². The number of hydrogen-bond acceptors (Lipinski definition) is 4. The SMILES string of the molecule is O=c1[nH]cnc2c1cnn2C1CCO1. The van der Waals surface area contributed by atoms with Crippen molar-refractivity contribution in [2.75, 3.05) is 6.61 Å². The van der Waals surface area contributed by atoms with Crippen LogP contribution < -0.4 is 5.56 Å². The minimum absolute atomic E-state index is 0.0539. The van der Waals surface area contributed by atoms with E-state index in [4.69, 9.17) is 4.74 Å². The van der Waals surface area contributed by atoms with Crippen molar-refractivity contribution in [2.45, 2.75) is 12.6 Å². The quantitative estimate of drug-likeness (QED) is 0.692. The van der Waals surface area contributed by atoms with Gasteiger partial charge in [0.1, 0.15) is 5.39 Å². The molecule has 1 fully saturated rings. The molecule has 1 N–H and O–H groups in total. The molecule has 6 heteroatoms. The molecule has 0 amide bonds. The Hall–Kier alpha value is -1.69. The van der Waals surface area contributed by atoms with Gasteiger partial charge in [-0.15, -0.1) is 0 Å². The molecule has 0 saturated carbocycles. The molecule has 0 aromatic carbocycles. The van der Waals surface area contributed by atoms with Crippen LogP contribution in [0.15, 0.2) is 17.3 Å². The molecule has 2 aromatic heterocycles. The maximum absolute atomic E-state index is 11.3. The highest BCUT2D eigenvalue weighted by Gasteiger charge is 2.23. The fraction of sp³-hybridized carbons (Fsp3) is 0.375. The Morgan fingerprint density at radius 2 is 2.50 bits per heavy atom. The summed E-state index contributed by atoms with van der Waals surface area (Å²) < 4.78 is 6.92. The van der Waals surface area contributed by atoms with E-state index in [1.54, 1.807) is 4.68 Å². The van der Waals surface area contributed by atoms with Crippen molar-refractivity contribution < 1.29 is 4.74 Å². The summed E-state index contributed by atoms with van der Waals surface area (Å²) in [5, 5.41) is 4.59. The number of ether oxygens (including phenoxy) is 1. The summed E-state index contributed by atoms with van der Waals surface area (Å²) in [4.78, 5) is 17.9. The molecule has 3 heterocycles. The molecule has 14 heavy (non-hydrogen) atoms. The molecule has 1 saturated heterocycles. The van der Waals surface area contributed by atoms with E-state index in [9.17, 15) is 4.79 Å². The van der Waals surface area contributed by atoms with Crippen LogP contribution >= 0.6 is 0 Å². The standard InChI is InChI=1S/C8H8N4O2/c13-8-5-3-11-12(6-1-2-14-6)7(5)9-4-10-8/h3-4,6H,1-2H2,(H,9,10,13). The highest BCUT2D eigenvalue weighted by atomic mass is 16.5. The molecule has 0 radical (unpaired) electrons. The lowest BCUT2D eigenvalue weighted by atomic mass is 10.3. The second-order valence-electron chi connectivity index (χ2n) is 3.17. The first-order valence-corrected chi connectivity index (χ1v) is 4.39. The van der Waals surface area contributed by atoms with Crippen LogP contribution in [0.25, 0.3) is 11.0 Å². The Labute approximate surface area is 78.5 Å². The van der Waals surface area contributed by atoms with E-state index in [0.29, 0.717) is 11.0 Å². The molecule has 0 bridgehead atoms. The number of aromatic amines is 1. The summed E-state index contributed by atoms with van der Waals surface area (Å²) >= 11 is 0. The minimum Gasteiger partial charge on any atom is -0.356 e. The van der Waals surface area contributed by atoms with Gasteiger partial charge in [0.15, 0.2) is 11.9 Å². The maximum atomic E-state index is 11.3. The van der Waals surface area contributed by atoms with Gasteiger partial charge in [0.2, 0.25) is 0 Å². The minimum atomic E-state index is -0.166. The van der Waals surface area contributed by atoms with E-state index in [1.165, 1.54) is 12.5 Å². The molecule has 1 atom stereocenters. The number of hydrogen-bond donors (Lipinski definition) is 1. The highest BCUT2D eigenvalue weighted by molar-refractivity contribution is 5.72. The fourth-order valence-corrected chi connectivity index (χ4v) is 1.50. The van der Waals surface area contributed by atoms with Gasteiger partial charge in [0, 0.05) is 6.42 Å². The van der Waals surface area contributed by atoms with Crippen molar-refractivity contribution in [3.63, 3.8) is 0 Å². The van der Waals surface area contributed by atoms with Crippen LogP contribution in [-0.2, 0) is 4.74 Å². The molecular formula is C8H8N4O2. The number of aromatic nitrogens is 4. The van der Waals surface area contributed by atoms with Gasteiger partial charge in [-0.3, -0.25) is 4.79 Å². The smallest absolute Gasteiger partial charge is 0.261 e. The van der Waals surface area contributed by atoms with E-state index >= 15 is 0 Å². The summed E-state index contributed by atoms with van der Waals surface area (Å²) in [6.07, 6.45) is 3.76. The number of rotatable bonds is 1. The summed E-state index contributed by atoms with van der Waals surface area (Å²) in [7, 11) is 0. The topological polar surface area (TPSA) is 72.8 Å². The predicted octanol–water partition coefficient (Wildman–Crippen LogP) is 0.0385. The molecule has 1 aliphatic rings. The molecule has 1 unspecified atom stereocenters. The fourth-order valence-electron chi connectivity index (χ4n) is 1.50. The van der Waals surface area contributed by atoms with Crippen molar-refractivity contribution in [3.8, 4) is 0 Å². The Kier molecular flexibility index (Phi) is 1.45. The molecule has 3 rings (SSSR count). The van der Waals surface area contributed by atoms with E-state index in [-0.39, 0.29) is 11.8 Å². The van der Waals surface area contributed by atoms with Crippen LogP contribution in [-0.4, -0.2) is 26.4 Å². The van der Waals surface area contributed by atoms with Crippen molar-refractivity contribution >= 4 is 11.0 Å². The van der Waals surface area contributed by atoms with Gasteiger partial charge in [0.25, 0.3) is 5.56 Å². The van der Waals surface area contributed by atoms with E-state index in [0.717, 1.165) is 13.0 Å². The lowest BCUT2D eigenvalue weighted by Gasteiger charge is -2.26. The molecule has 1 aliphatic heterocycles. The second kappa shape index (κ2) is 2.65. The summed E-state index contributed by atoms with van der Waals surface area (Å²) in [5.41, 5.74) is 0.416. The third-order valence-electron chi connectivity index (χ3n) is 2.34. The van der Waals surface area contributed by atoms with Gasteiger partial charge in [-0.2, -0.15) is 5.10 Å². The van der Waals surface area contributed by atoms with Crippen molar-refractivity contribution in [2.24, 2.45) is 0 Å². The Morgan fingerprint density at radius 1 is 1.64 bits per heavy atom. The molecular weight excluding hydrogens is 184 g/mol. The first-order valence-electron chi connectivity index (χ1n) is 4.39. The van der Waals surface area contributed by atoms with Crippen LogP contribution in [0.5, 0.6) is 0 Å². The zero-order chi connectivity index (χ0) is 9.54. The van der Waals surface area contributed by atoms with E-state index in [2.05, 4.69) is 15.1 Å². The number of nitrogens with zero attached hydrogens (tertiary/aromatic N) is 3. The number of nitrogens with one attached hydrogen (secondary N) is 1. The molecule has 6 nitrogen and oxygen atoms in total. The van der Waals surface area contributed by atoms with Crippen LogP contribution in [0.4, 0.5) is 0 Å². The average molecular weight is 192 g/mol. The van der Waals surface area contributed by atoms with Crippen molar-refractivity contribution in [3.05, 3.63) is 22.9 Å². The molecule has 0 spiro atoms. The van der Waals surface area contributed by atoms with Crippen LogP contribution in [0.1, 0.15) is 12.6 Å². The average Bonchev–Trinajstić information content (AvgIpc) is 2.48. The second-order valence-corrected chi connectivity index (χ2v) is 3.17. The first kappa shape index (κ1) is 7.69. The first-order chi connectivity index (χ1) is 6.86. The molecule has 0 aliphatic carbocycles. The Balaban J connectivity index is 2.25. The van der Waals surface area contributed by atoms with Crippen molar-refractivity contribution in [1.82, 2.24) is 19.7 Å². The predicted molar refractivity (Wildman–Crippen MR) is 47.8 cm³/mol. The largest absolute Gasteiger partial charge is 0.356 e. The Bertz CT molecular complexity index is 525. The van der Waals surface area contributed by atoms with Gasteiger partial charge in [-0.05, 0) is 0 Å². The summed E-state index contributed by atoms with van der Waals surface area (Å²) in [6.45, 7) is 0.745. The van der Waals surface area contributed by atoms with E-state index in [1.807, 2.05) is 0 Å². The van der Waals surface area contributed by atoms with Gasteiger partial charge >= 0.3 is 0 Å². The van der Waals surface area contributed by atoms with E-state index < -0.39 is 0 Å². The normalized spacial score (nSPS) is 21.0. The zero-order valence-corrected chi connectivity index (χ0v) is 7.30. The van der Waals surface area contributed by atoms with Crippen LogP contribution in [0.3, 0.4) is 0 Å². The molecule has 72 valence electrons. The summed E-state index contributed by atoms with van der Waals surface area (Å²) in [6, 6.07) is 0. The highest BCUT2D eigenvalue weighted by Crippen LogP contribution is 2.24.